The molecule has 0 aliphatic heterocycles. The lowest BCUT2D eigenvalue weighted by Gasteiger charge is -2.19. The van der Waals surface area contributed by atoms with Gasteiger partial charge in [0.1, 0.15) is 5.82 Å². The number of imidazole rings is 1. The van der Waals surface area contributed by atoms with Gasteiger partial charge in [-0.3, -0.25) is 9.69 Å². The summed E-state index contributed by atoms with van der Waals surface area (Å²) in [6, 6.07) is 0. The summed E-state index contributed by atoms with van der Waals surface area (Å²) in [6.45, 7) is 3.26. The molecule has 0 spiro atoms. The molecule has 0 fully saturated rings. The highest BCUT2D eigenvalue weighted by molar-refractivity contribution is 5.71. The van der Waals surface area contributed by atoms with Gasteiger partial charge in [0.2, 0.25) is 0 Å². The average Bonchev–Trinajstić information content (AvgIpc) is 2.63. The lowest BCUT2D eigenvalue weighted by Crippen LogP contribution is -2.29. The molecule has 16 heavy (non-hydrogen) atoms. The van der Waals surface area contributed by atoms with Crippen LogP contribution in [0.25, 0.3) is 0 Å². The van der Waals surface area contributed by atoms with Gasteiger partial charge >= 0.3 is 5.97 Å². The third-order valence-electron chi connectivity index (χ3n) is 2.52. The second-order valence-corrected chi connectivity index (χ2v) is 4.08. The van der Waals surface area contributed by atoms with Crippen LogP contribution < -0.4 is 0 Å². The molecule has 0 N–H and O–H groups in total. The quantitative estimate of drug-likeness (QED) is 0.691. The molecule has 1 aromatic heterocycles. The van der Waals surface area contributed by atoms with Gasteiger partial charge in [-0.15, -0.1) is 0 Å². The van der Waals surface area contributed by atoms with Gasteiger partial charge in [0, 0.05) is 26.0 Å². The van der Waals surface area contributed by atoms with Gasteiger partial charge in [-0.1, -0.05) is 6.92 Å². The molecular formula is C11H19N3O2. The van der Waals surface area contributed by atoms with Crippen molar-refractivity contribution in [1.82, 2.24) is 14.5 Å². The zero-order valence-electron chi connectivity index (χ0n) is 10.3. The summed E-state index contributed by atoms with van der Waals surface area (Å²) in [5.74, 6) is 0.696. The third-order valence-corrected chi connectivity index (χ3v) is 2.52. The van der Waals surface area contributed by atoms with E-state index in [9.17, 15) is 4.79 Å². The predicted molar refractivity (Wildman–Crippen MR) is 60.7 cm³/mol. The largest absolute Gasteiger partial charge is 0.469 e. The average molecular weight is 225 g/mol. The highest BCUT2D eigenvalue weighted by atomic mass is 16.5. The monoisotopic (exact) mass is 225 g/mol. The highest BCUT2D eigenvalue weighted by Gasteiger charge is 2.16. The van der Waals surface area contributed by atoms with Crippen molar-refractivity contribution in [2.24, 2.45) is 13.0 Å². The Morgan fingerprint density at radius 3 is 2.88 bits per heavy atom. The van der Waals surface area contributed by atoms with Crippen LogP contribution in [-0.2, 0) is 23.1 Å². The van der Waals surface area contributed by atoms with Crippen LogP contribution in [0.4, 0.5) is 0 Å². The van der Waals surface area contributed by atoms with Crippen molar-refractivity contribution in [2.45, 2.75) is 13.5 Å². The fourth-order valence-corrected chi connectivity index (χ4v) is 1.60. The molecule has 90 valence electrons. The molecule has 1 rings (SSSR count). The number of ether oxygens (including phenoxy) is 1. The summed E-state index contributed by atoms with van der Waals surface area (Å²) < 4.78 is 6.66. The van der Waals surface area contributed by atoms with Crippen molar-refractivity contribution in [3.63, 3.8) is 0 Å². The first-order chi connectivity index (χ1) is 7.54. The molecule has 0 aliphatic rings. The predicted octanol–water partition coefficient (Wildman–Crippen LogP) is 0.661. The van der Waals surface area contributed by atoms with E-state index in [1.54, 1.807) is 6.20 Å². The number of esters is 1. The minimum Gasteiger partial charge on any atom is -0.469 e. The zero-order valence-corrected chi connectivity index (χ0v) is 10.3. The van der Waals surface area contributed by atoms with Crippen LogP contribution in [0.3, 0.4) is 0 Å². The van der Waals surface area contributed by atoms with Gasteiger partial charge in [0.25, 0.3) is 0 Å². The minimum atomic E-state index is -0.174. The Balaban J connectivity index is 2.45. The van der Waals surface area contributed by atoms with Gasteiger partial charge in [0.15, 0.2) is 0 Å². The molecule has 1 atom stereocenters. The number of hydrogen-bond acceptors (Lipinski definition) is 4. The second-order valence-electron chi connectivity index (χ2n) is 4.08. The van der Waals surface area contributed by atoms with Gasteiger partial charge in [-0.05, 0) is 7.05 Å². The molecule has 0 bridgehead atoms. The van der Waals surface area contributed by atoms with Gasteiger partial charge in [-0.2, -0.15) is 0 Å². The number of aryl methyl sites for hydroxylation is 1. The Bertz CT molecular complexity index is 349. The minimum absolute atomic E-state index is 0.115. The van der Waals surface area contributed by atoms with Crippen molar-refractivity contribution in [2.75, 3.05) is 20.7 Å². The third kappa shape index (κ3) is 3.34. The van der Waals surface area contributed by atoms with E-state index in [-0.39, 0.29) is 11.9 Å². The molecule has 1 aromatic rings. The molecule has 5 nitrogen and oxygen atoms in total. The van der Waals surface area contributed by atoms with Gasteiger partial charge < -0.3 is 9.30 Å². The first-order valence-corrected chi connectivity index (χ1v) is 5.27. The summed E-state index contributed by atoms with van der Waals surface area (Å²) >= 11 is 0. The Hall–Kier alpha value is -1.36. The molecule has 0 aliphatic carbocycles. The van der Waals surface area contributed by atoms with Crippen LogP contribution >= 0.6 is 0 Å². The molecule has 0 amide bonds. The van der Waals surface area contributed by atoms with Gasteiger partial charge in [-0.25, -0.2) is 4.98 Å². The van der Waals surface area contributed by atoms with E-state index in [0.717, 1.165) is 12.4 Å². The smallest absolute Gasteiger partial charge is 0.309 e. The summed E-state index contributed by atoms with van der Waals surface area (Å²) in [7, 11) is 5.34. The lowest BCUT2D eigenvalue weighted by molar-refractivity contribution is -0.145. The molecule has 1 heterocycles. The SMILES string of the molecule is COC(=O)C(C)CN(C)Cc1nccn1C. The fourth-order valence-electron chi connectivity index (χ4n) is 1.60. The number of nitrogens with zero attached hydrogens (tertiary/aromatic N) is 3. The standard InChI is InChI=1S/C11H19N3O2/c1-9(11(15)16-4)7-13(2)8-10-12-5-6-14(10)3/h5-6,9H,7-8H2,1-4H3. The van der Waals surface area contributed by atoms with Crippen molar-refractivity contribution in [3.05, 3.63) is 18.2 Å². The number of rotatable bonds is 5. The first kappa shape index (κ1) is 12.7. The van der Waals surface area contributed by atoms with Crippen molar-refractivity contribution >= 4 is 5.97 Å². The molecule has 1 unspecified atom stereocenters. The first-order valence-electron chi connectivity index (χ1n) is 5.27. The lowest BCUT2D eigenvalue weighted by atomic mass is 10.2. The highest BCUT2D eigenvalue weighted by Crippen LogP contribution is 2.04. The fraction of sp³-hybridized carbons (Fsp3) is 0.636. The van der Waals surface area contributed by atoms with E-state index in [0.29, 0.717) is 6.54 Å². The molecule has 0 saturated heterocycles. The van der Waals surface area contributed by atoms with E-state index < -0.39 is 0 Å². The van der Waals surface area contributed by atoms with E-state index in [4.69, 9.17) is 0 Å². The van der Waals surface area contributed by atoms with Crippen LogP contribution in [0.15, 0.2) is 12.4 Å². The topological polar surface area (TPSA) is 47.4 Å². The van der Waals surface area contributed by atoms with Crippen LogP contribution in [0.2, 0.25) is 0 Å². The van der Waals surface area contributed by atoms with E-state index in [1.807, 2.05) is 31.8 Å². The second kappa shape index (κ2) is 5.65. The summed E-state index contributed by atoms with van der Waals surface area (Å²) in [6.07, 6.45) is 3.68. The van der Waals surface area contributed by atoms with Crippen molar-refractivity contribution < 1.29 is 9.53 Å². The number of methoxy groups -OCH3 is 1. The van der Waals surface area contributed by atoms with Crippen LogP contribution in [-0.4, -0.2) is 41.1 Å². The number of aromatic nitrogens is 2. The van der Waals surface area contributed by atoms with Crippen LogP contribution in [0.5, 0.6) is 0 Å². The maximum atomic E-state index is 11.2. The number of carbonyl (C=O) groups is 1. The Morgan fingerprint density at radius 2 is 2.38 bits per heavy atom. The molecular weight excluding hydrogens is 206 g/mol. The summed E-state index contributed by atoms with van der Waals surface area (Å²) in [5, 5.41) is 0. The van der Waals surface area contributed by atoms with Crippen LogP contribution in [0.1, 0.15) is 12.7 Å². The van der Waals surface area contributed by atoms with E-state index in [2.05, 4.69) is 14.6 Å². The number of hydrogen-bond donors (Lipinski definition) is 0. The molecule has 0 saturated carbocycles. The van der Waals surface area contributed by atoms with Crippen LogP contribution in [0, 0.1) is 5.92 Å². The molecule has 0 aromatic carbocycles. The van der Waals surface area contributed by atoms with Gasteiger partial charge in [0.05, 0.1) is 19.6 Å². The summed E-state index contributed by atoms with van der Waals surface area (Å²) in [5.41, 5.74) is 0. The maximum Gasteiger partial charge on any atom is 0.309 e. The Morgan fingerprint density at radius 1 is 1.69 bits per heavy atom. The Kier molecular flexibility index (Phi) is 4.49. The number of carbonyl (C=O) groups excluding carboxylic acids is 1. The van der Waals surface area contributed by atoms with E-state index in [1.165, 1.54) is 7.11 Å². The maximum absolute atomic E-state index is 11.2. The Labute approximate surface area is 96.0 Å². The zero-order chi connectivity index (χ0) is 12.1. The molecule has 5 heteroatoms. The normalized spacial score (nSPS) is 12.8. The summed E-state index contributed by atoms with van der Waals surface area (Å²) in [4.78, 5) is 17.5. The molecule has 0 radical (unpaired) electrons. The van der Waals surface area contributed by atoms with E-state index >= 15 is 0 Å². The van der Waals surface area contributed by atoms with Crippen molar-refractivity contribution in [3.8, 4) is 0 Å². The van der Waals surface area contributed by atoms with Crippen molar-refractivity contribution in [1.29, 1.82) is 0 Å².